The summed E-state index contributed by atoms with van der Waals surface area (Å²) in [6.07, 6.45) is 3.71. The Hall–Kier alpha value is -4.10. The maximum Gasteiger partial charge on any atom is 0.256 e. The van der Waals surface area contributed by atoms with Crippen LogP contribution in [0.15, 0.2) is 96.6 Å². The average Bonchev–Trinajstić information content (AvgIpc) is 3.55. The molecule has 6 nitrogen and oxygen atoms in total. The van der Waals surface area contributed by atoms with Crippen LogP contribution in [-0.4, -0.2) is 25.3 Å². The highest BCUT2D eigenvalue weighted by atomic mass is 32.1. The third-order valence-corrected chi connectivity index (χ3v) is 5.64. The molecule has 0 atom stereocenters. The molecule has 0 aliphatic heterocycles. The number of aromatic nitrogens is 4. The average molecular weight is 438 g/mol. The van der Waals surface area contributed by atoms with Crippen LogP contribution in [0.3, 0.4) is 0 Å². The molecule has 0 bridgehead atoms. The highest BCUT2D eigenvalue weighted by molar-refractivity contribution is 7.03. The van der Waals surface area contributed by atoms with Crippen molar-refractivity contribution >= 4 is 23.1 Å². The topological polar surface area (TPSA) is 72.7 Å². The van der Waals surface area contributed by atoms with E-state index in [0.717, 1.165) is 33.6 Å². The van der Waals surface area contributed by atoms with Crippen molar-refractivity contribution in [1.29, 1.82) is 0 Å². The molecule has 2 aromatic heterocycles. The van der Waals surface area contributed by atoms with E-state index in [0.29, 0.717) is 12.1 Å². The lowest BCUT2D eigenvalue weighted by atomic mass is 9.98. The van der Waals surface area contributed by atoms with Crippen LogP contribution >= 0.6 is 11.5 Å². The van der Waals surface area contributed by atoms with Crippen molar-refractivity contribution in [2.75, 3.05) is 5.32 Å². The number of anilines is 1. The van der Waals surface area contributed by atoms with Crippen molar-refractivity contribution in [3.05, 3.63) is 108 Å². The molecule has 7 heteroatoms. The number of nitrogens with one attached hydrogen (secondary N) is 1. The fourth-order valence-electron chi connectivity index (χ4n) is 3.52. The first-order chi connectivity index (χ1) is 15.8. The smallest absolute Gasteiger partial charge is 0.256 e. The zero-order chi connectivity index (χ0) is 21.8. The minimum absolute atomic E-state index is 0.149. The van der Waals surface area contributed by atoms with Gasteiger partial charge in [0.05, 0.1) is 6.54 Å². The van der Waals surface area contributed by atoms with Crippen LogP contribution in [0, 0.1) is 0 Å². The number of nitrogens with zero attached hydrogens (tertiary/aromatic N) is 4. The highest BCUT2D eigenvalue weighted by Crippen LogP contribution is 2.26. The van der Waals surface area contributed by atoms with Crippen LogP contribution in [0.25, 0.3) is 22.4 Å². The van der Waals surface area contributed by atoms with Gasteiger partial charge in [0.25, 0.3) is 5.91 Å². The summed E-state index contributed by atoms with van der Waals surface area (Å²) < 4.78 is 5.77. The lowest BCUT2D eigenvalue weighted by molar-refractivity contribution is 0.102. The Balaban J connectivity index is 1.34. The monoisotopic (exact) mass is 437 g/mol. The van der Waals surface area contributed by atoms with Gasteiger partial charge in [-0.1, -0.05) is 59.1 Å². The Morgan fingerprint density at radius 2 is 1.69 bits per heavy atom. The van der Waals surface area contributed by atoms with Crippen molar-refractivity contribution in [2.24, 2.45) is 0 Å². The molecule has 1 N–H and O–H groups in total. The number of carbonyl (C=O) groups is 1. The Bertz CT molecular complexity index is 1310. The minimum atomic E-state index is -0.149. The summed E-state index contributed by atoms with van der Waals surface area (Å²) in [4.78, 5) is 13.1. The third kappa shape index (κ3) is 4.33. The summed E-state index contributed by atoms with van der Waals surface area (Å²) in [5, 5.41) is 13.2. The molecule has 0 unspecified atom stereocenters. The molecule has 5 aromatic rings. The highest BCUT2D eigenvalue weighted by Gasteiger charge is 2.13. The third-order valence-electron chi connectivity index (χ3n) is 5.14. The van der Waals surface area contributed by atoms with E-state index in [1.807, 2.05) is 83.0 Å². The van der Waals surface area contributed by atoms with E-state index in [4.69, 9.17) is 0 Å². The van der Waals surface area contributed by atoms with E-state index in [1.165, 1.54) is 11.5 Å². The van der Waals surface area contributed by atoms with Gasteiger partial charge in [0.1, 0.15) is 5.69 Å². The molecule has 156 valence electrons. The van der Waals surface area contributed by atoms with Crippen molar-refractivity contribution < 1.29 is 4.79 Å². The molecule has 5 rings (SSSR count). The summed E-state index contributed by atoms with van der Waals surface area (Å²) in [6.45, 7) is 0.711. The quantitative estimate of drug-likeness (QED) is 0.388. The fraction of sp³-hybridized carbons (Fsp3) is 0.0400. The van der Waals surface area contributed by atoms with Gasteiger partial charge in [0, 0.05) is 34.6 Å². The molecular formula is C25H19N5OS. The van der Waals surface area contributed by atoms with Gasteiger partial charge in [-0.15, -0.1) is 5.10 Å². The van der Waals surface area contributed by atoms with E-state index in [2.05, 4.69) is 32.1 Å². The predicted octanol–water partition coefficient (Wildman–Crippen LogP) is 5.37. The number of carbonyl (C=O) groups excluding carboxylic acids is 1. The zero-order valence-electron chi connectivity index (χ0n) is 17.1. The summed E-state index contributed by atoms with van der Waals surface area (Å²) in [5.41, 5.74) is 6.18. The number of amides is 1. The van der Waals surface area contributed by atoms with Crippen LogP contribution in [0.2, 0.25) is 0 Å². The van der Waals surface area contributed by atoms with Gasteiger partial charge in [-0.25, -0.2) is 0 Å². The van der Waals surface area contributed by atoms with Gasteiger partial charge in [0.15, 0.2) is 0 Å². The SMILES string of the molecule is O=C(Nc1ccc(-c2csnn2)cc1)c1ccccc1-c1ccc(Cn2cccn2)cc1. The second kappa shape index (κ2) is 8.95. The Morgan fingerprint density at radius 3 is 2.41 bits per heavy atom. The first kappa shape index (κ1) is 19.8. The fourth-order valence-corrected chi connectivity index (χ4v) is 3.98. The van der Waals surface area contributed by atoms with Crippen LogP contribution in [0.4, 0.5) is 5.69 Å². The number of benzene rings is 3. The second-order valence-corrected chi connectivity index (χ2v) is 7.88. The van der Waals surface area contributed by atoms with E-state index in [1.54, 1.807) is 6.20 Å². The first-order valence-electron chi connectivity index (χ1n) is 10.1. The first-order valence-corrected chi connectivity index (χ1v) is 10.9. The molecule has 32 heavy (non-hydrogen) atoms. The number of hydrogen-bond donors (Lipinski definition) is 1. The predicted molar refractivity (Wildman–Crippen MR) is 127 cm³/mol. The van der Waals surface area contributed by atoms with Gasteiger partial charge >= 0.3 is 0 Å². The standard InChI is InChI=1S/C25H19N5OS/c31-25(27-21-12-10-20(11-13-21)24-17-32-29-28-24)23-5-2-1-4-22(23)19-8-6-18(7-9-19)16-30-15-3-14-26-30/h1-15,17H,16H2,(H,27,31). The summed E-state index contributed by atoms with van der Waals surface area (Å²) >= 11 is 1.31. The molecule has 3 aromatic carbocycles. The van der Waals surface area contributed by atoms with Gasteiger partial charge < -0.3 is 5.32 Å². The number of rotatable bonds is 6. The largest absolute Gasteiger partial charge is 0.322 e. The maximum absolute atomic E-state index is 13.1. The molecule has 1 amide bonds. The molecule has 0 aliphatic rings. The summed E-state index contributed by atoms with van der Waals surface area (Å²) in [6, 6.07) is 25.4. The molecule has 0 saturated heterocycles. The van der Waals surface area contributed by atoms with Crippen molar-refractivity contribution in [3.63, 3.8) is 0 Å². The summed E-state index contributed by atoms with van der Waals surface area (Å²) in [7, 11) is 0. The van der Waals surface area contributed by atoms with Crippen molar-refractivity contribution in [1.82, 2.24) is 19.4 Å². The maximum atomic E-state index is 13.1. The second-order valence-electron chi connectivity index (χ2n) is 7.27. The summed E-state index contributed by atoms with van der Waals surface area (Å²) in [5.74, 6) is -0.149. The minimum Gasteiger partial charge on any atom is -0.322 e. The van der Waals surface area contributed by atoms with Crippen LogP contribution in [0.1, 0.15) is 15.9 Å². The normalized spacial score (nSPS) is 10.8. The van der Waals surface area contributed by atoms with Gasteiger partial charge in [0.2, 0.25) is 0 Å². The van der Waals surface area contributed by atoms with Crippen LogP contribution < -0.4 is 5.32 Å². The number of hydrogen-bond acceptors (Lipinski definition) is 5. The molecule has 0 saturated carbocycles. The van der Waals surface area contributed by atoms with Gasteiger partial charge in [-0.05, 0) is 52.5 Å². The Labute approximate surface area is 189 Å². The van der Waals surface area contributed by atoms with E-state index in [9.17, 15) is 4.79 Å². The van der Waals surface area contributed by atoms with E-state index >= 15 is 0 Å². The lowest BCUT2D eigenvalue weighted by Crippen LogP contribution is -2.13. The zero-order valence-corrected chi connectivity index (χ0v) is 17.9. The van der Waals surface area contributed by atoms with Crippen molar-refractivity contribution in [2.45, 2.75) is 6.54 Å². The molecule has 0 fully saturated rings. The molecule has 2 heterocycles. The Kier molecular flexibility index (Phi) is 5.55. The molecule has 0 radical (unpaired) electrons. The van der Waals surface area contributed by atoms with E-state index < -0.39 is 0 Å². The van der Waals surface area contributed by atoms with Gasteiger partial charge in [-0.2, -0.15) is 5.10 Å². The van der Waals surface area contributed by atoms with Crippen LogP contribution in [0.5, 0.6) is 0 Å². The molecule has 0 spiro atoms. The molecule has 0 aliphatic carbocycles. The molecular weight excluding hydrogens is 418 g/mol. The van der Waals surface area contributed by atoms with Gasteiger partial charge in [-0.3, -0.25) is 9.48 Å². The van der Waals surface area contributed by atoms with E-state index in [-0.39, 0.29) is 5.91 Å². The lowest BCUT2D eigenvalue weighted by Gasteiger charge is -2.11. The van der Waals surface area contributed by atoms with Crippen LogP contribution in [-0.2, 0) is 6.54 Å². The van der Waals surface area contributed by atoms with Crippen molar-refractivity contribution in [3.8, 4) is 22.4 Å². The Morgan fingerprint density at radius 1 is 0.906 bits per heavy atom.